The molecule has 1 aliphatic rings. The summed E-state index contributed by atoms with van der Waals surface area (Å²) in [5.41, 5.74) is 13.9. The Morgan fingerprint density at radius 2 is 2.07 bits per heavy atom. The molecule has 1 aliphatic carbocycles. The number of hydrogen-bond acceptors (Lipinski definition) is 2. The second-order valence-corrected chi connectivity index (χ2v) is 5.11. The van der Waals surface area contributed by atoms with Crippen molar-refractivity contribution >= 4 is 23.2 Å². The Kier molecular flexibility index (Phi) is 2.95. The van der Waals surface area contributed by atoms with E-state index in [2.05, 4.69) is 0 Å². The van der Waals surface area contributed by atoms with Gasteiger partial charge in [-0.25, -0.2) is 0 Å². The standard InChI is InChI=1S/C11H14Cl2N2/c12-8-3-7-1-2-11(15,6-14)5-9(7)10(13)4-8/h3-4H,1-2,5-6,14-15H2. The van der Waals surface area contributed by atoms with Crippen molar-refractivity contribution < 1.29 is 0 Å². The maximum absolute atomic E-state index is 6.16. The molecule has 0 radical (unpaired) electrons. The van der Waals surface area contributed by atoms with Crippen molar-refractivity contribution in [3.8, 4) is 0 Å². The van der Waals surface area contributed by atoms with E-state index in [1.54, 1.807) is 6.07 Å². The quantitative estimate of drug-likeness (QED) is 0.796. The maximum Gasteiger partial charge on any atom is 0.0456 e. The zero-order chi connectivity index (χ0) is 11.1. The first-order chi connectivity index (χ1) is 7.04. The summed E-state index contributed by atoms with van der Waals surface area (Å²) >= 11 is 12.1. The molecule has 0 bridgehead atoms. The van der Waals surface area contributed by atoms with E-state index < -0.39 is 0 Å². The molecule has 4 heteroatoms. The molecule has 1 aromatic carbocycles. The molecule has 0 aliphatic heterocycles. The molecule has 0 amide bonds. The van der Waals surface area contributed by atoms with Gasteiger partial charge >= 0.3 is 0 Å². The van der Waals surface area contributed by atoms with Crippen molar-refractivity contribution in [1.29, 1.82) is 0 Å². The lowest BCUT2D eigenvalue weighted by Crippen LogP contribution is -2.51. The SMILES string of the molecule is NCC1(N)CCc2cc(Cl)cc(Cl)c2C1. The summed E-state index contributed by atoms with van der Waals surface area (Å²) in [6.45, 7) is 0.491. The molecular formula is C11H14Cl2N2. The molecule has 1 aromatic rings. The van der Waals surface area contributed by atoms with Crippen molar-refractivity contribution in [2.24, 2.45) is 11.5 Å². The number of aryl methyl sites for hydroxylation is 1. The largest absolute Gasteiger partial charge is 0.329 e. The lowest BCUT2D eigenvalue weighted by Gasteiger charge is -2.34. The molecule has 2 nitrogen and oxygen atoms in total. The summed E-state index contributed by atoms with van der Waals surface area (Å²) in [5.74, 6) is 0. The lowest BCUT2D eigenvalue weighted by atomic mass is 9.79. The second-order valence-electron chi connectivity index (χ2n) is 4.27. The molecule has 0 heterocycles. The van der Waals surface area contributed by atoms with Crippen LogP contribution >= 0.6 is 23.2 Å². The van der Waals surface area contributed by atoms with Gasteiger partial charge in [-0.1, -0.05) is 23.2 Å². The van der Waals surface area contributed by atoms with Crippen molar-refractivity contribution in [2.75, 3.05) is 6.54 Å². The van der Waals surface area contributed by atoms with Crippen LogP contribution in [0.15, 0.2) is 12.1 Å². The summed E-state index contributed by atoms with van der Waals surface area (Å²) in [6.07, 6.45) is 2.55. The molecule has 1 atom stereocenters. The van der Waals surface area contributed by atoms with Gasteiger partial charge in [-0.05, 0) is 42.5 Å². The second kappa shape index (κ2) is 3.95. The number of fused-ring (bicyclic) bond motifs is 1. The third-order valence-electron chi connectivity index (χ3n) is 3.08. The van der Waals surface area contributed by atoms with Crippen LogP contribution in [0.4, 0.5) is 0 Å². The fraction of sp³-hybridized carbons (Fsp3) is 0.455. The molecule has 82 valence electrons. The van der Waals surface area contributed by atoms with Crippen LogP contribution in [0.3, 0.4) is 0 Å². The fourth-order valence-corrected chi connectivity index (χ4v) is 2.68. The highest BCUT2D eigenvalue weighted by Crippen LogP contribution is 2.33. The first-order valence-electron chi connectivity index (χ1n) is 5.00. The van der Waals surface area contributed by atoms with E-state index in [0.717, 1.165) is 24.8 Å². The summed E-state index contributed by atoms with van der Waals surface area (Å²) in [5, 5.41) is 1.40. The third-order valence-corrected chi connectivity index (χ3v) is 3.64. The number of benzene rings is 1. The van der Waals surface area contributed by atoms with Gasteiger partial charge in [0, 0.05) is 22.1 Å². The van der Waals surface area contributed by atoms with Gasteiger partial charge in [-0.2, -0.15) is 0 Å². The molecule has 0 aromatic heterocycles. The van der Waals surface area contributed by atoms with E-state index in [1.807, 2.05) is 6.07 Å². The minimum Gasteiger partial charge on any atom is -0.329 e. The highest BCUT2D eigenvalue weighted by atomic mass is 35.5. The minimum atomic E-state index is -0.301. The molecule has 0 fully saturated rings. The minimum absolute atomic E-state index is 0.301. The lowest BCUT2D eigenvalue weighted by molar-refractivity contribution is 0.382. The van der Waals surface area contributed by atoms with Crippen LogP contribution in [0.2, 0.25) is 10.0 Å². The number of nitrogens with two attached hydrogens (primary N) is 2. The average Bonchev–Trinajstić information content (AvgIpc) is 2.20. The maximum atomic E-state index is 6.16. The van der Waals surface area contributed by atoms with E-state index in [1.165, 1.54) is 5.56 Å². The van der Waals surface area contributed by atoms with Gasteiger partial charge < -0.3 is 11.5 Å². The van der Waals surface area contributed by atoms with Crippen LogP contribution in [0.25, 0.3) is 0 Å². The summed E-state index contributed by atoms with van der Waals surface area (Å²) in [4.78, 5) is 0. The third kappa shape index (κ3) is 2.13. The van der Waals surface area contributed by atoms with Gasteiger partial charge in [0.25, 0.3) is 0 Å². The number of rotatable bonds is 1. The topological polar surface area (TPSA) is 52.0 Å². The molecule has 4 N–H and O–H groups in total. The van der Waals surface area contributed by atoms with E-state index in [-0.39, 0.29) is 5.54 Å². The molecular weight excluding hydrogens is 231 g/mol. The van der Waals surface area contributed by atoms with E-state index >= 15 is 0 Å². The molecule has 1 unspecified atom stereocenters. The predicted octanol–water partition coefficient (Wildman–Crippen LogP) is 2.14. The molecule has 0 saturated heterocycles. The van der Waals surface area contributed by atoms with Crippen molar-refractivity contribution in [3.63, 3.8) is 0 Å². The van der Waals surface area contributed by atoms with Crippen LogP contribution in [-0.2, 0) is 12.8 Å². The van der Waals surface area contributed by atoms with Crippen molar-refractivity contribution in [2.45, 2.75) is 24.8 Å². The van der Waals surface area contributed by atoms with E-state index in [4.69, 9.17) is 34.7 Å². The van der Waals surface area contributed by atoms with Gasteiger partial charge in [-0.3, -0.25) is 0 Å². The summed E-state index contributed by atoms with van der Waals surface area (Å²) < 4.78 is 0. The molecule has 0 spiro atoms. The van der Waals surface area contributed by atoms with Crippen LogP contribution in [0.1, 0.15) is 17.5 Å². The molecule has 2 rings (SSSR count). The zero-order valence-corrected chi connectivity index (χ0v) is 9.91. The fourth-order valence-electron chi connectivity index (χ4n) is 2.08. The van der Waals surface area contributed by atoms with E-state index in [9.17, 15) is 0 Å². The van der Waals surface area contributed by atoms with Crippen molar-refractivity contribution in [3.05, 3.63) is 33.3 Å². The first kappa shape index (κ1) is 11.2. The Labute approximate surface area is 99.5 Å². The van der Waals surface area contributed by atoms with Gasteiger partial charge in [0.2, 0.25) is 0 Å². The number of hydrogen-bond donors (Lipinski definition) is 2. The summed E-state index contributed by atoms with van der Waals surface area (Å²) in [6, 6.07) is 3.74. The Morgan fingerprint density at radius 1 is 1.33 bits per heavy atom. The normalized spacial score (nSPS) is 25.1. The Balaban J connectivity index is 2.42. The van der Waals surface area contributed by atoms with Gasteiger partial charge in [-0.15, -0.1) is 0 Å². The smallest absolute Gasteiger partial charge is 0.0456 e. The molecule has 0 saturated carbocycles. The predicted molar refractivity (Wildman–Crippen MR) is 64.5 cm³/mol. The highest BCUT2D eigenvalue weighted by molar-refractivity contribution is 6.35. The number of halogens is 2. The Hall–Kier alpha value is -0.280. The van der Waals surface area contributed by atoms with Crippen LogP contribution < -0.4 is 11.5 Å². The highest BCUT2D eigenvalue weighted by Gasteiger charge is 2.30. The van der Waals surface area contributed by atoms with Gasteiger partial charge in [0.1, 0.15) is 0 Å². The van der Waals surface area contributed by atoms with Crippen LogP contribution in [0, 0.1) is 0 Å². The van der Waals surface area contributed by atoms with Gasteiger partial charge in [0.05, 0.1) is 0 Å². The Bertz CT molecular complexity index is 392. The van der Waals surface area contributed by atoms with Crippen LogP contribution in [0.5, 0.6) is 0 Å². The van der Waals surface area contributed by atoms with Crippen molar-refractivity contribution in [1.82, 2.24) is 0 Å². The summed E-state index contributed by atoms with van der Waals surface area (Å²) in [7, 11) is 0. The monoisotopic (exact) mass is 244 g/mol. The van der Waals surface area contributed by atoms with Gasteiger partial charge in [0.15, 0.2) is 0 Å². The zero-order valence-electron chi connectivity index (χ0n) is 8.39. The average molecular weight is 245 g/mol. The first-order valence-corrected chi connectivity index (χ1v) is 5.75. The Morgan fingerprint density at radius 3 is 2.73 bits per heavy atom. The van der Waals surface area contributed by atoms with Crippen LogP contribution in [-0.4, -0.2) is 12.1 Å². The molecule has 15 heavy (non-hydrogen) atoms. The van der Waals surface area contributed by atoms with E-state index in [0.29, 0.717) is 16.6 Å².